The molecule has 0 unspecified atom stereocenters. The average Bonchev–Trinajstić information content (AvgIpc) is 3.15. The molecule has 1 saturated carbocycles. The second-order valence-corrected chi connectivity index (χ2v) is 7.23. The van der Waals surface area contributed by atoms with E-state index >= 15 is 0 Å². The SMILES string of the molecule is N#Cc1ccsc1N1CC[C@@H](N2CCN(C3CC3)C(=O)C2)C1=O. The van der Waals surface area contributed by atoms with E-state index in [1.807, 2.05) is 15.2 Å². The van der Waals surface area contributed by atoms with E-state index < -0.39 is 0 Å². The van der Waals surface area contributed by atoms with Crippen molar-refractivity contribution in [3.8, 4) is 6.07 Å². The minimum atomic E-state index is -0.228. The number of carbonyl (C=O) groups is 2. The Kier molecular flexibility index (Phi) is 3.58. The molecule has 3 fully saturated rings. The predicted octanol–water partition coefficient (Wildman–Crippen LogP) is 1.03. The lowest BCUT2D eigenvalue weighted by molar-refractivity contribution is -0.139. The first kappa shape index (κ1) is 14.7. The molecule has 2 amide bonds. The Hall–Kier alpha value is -1.91. The number of hydrogen-bond donors (Lipinski definition) is 0. The smallest absolute Gasteiger partial charge is 0.245 e. The van der Waals surface area contributed by atoms with E-state index in [4.69, 9.17) is 5.26 Å². The highest BCUT2D eigenvalue weighted by molar-refractivity contribution is 7.14. The van der Waals surface area contributed by atoms with Gasteiger partial charge in [0.05, 0.1) is 18.2 Å². The van der Waals surface area contributed by atoms with Crippen LogP contribution in [0.2, 0.25) is 0 Å². The lowest BCUT2D eigenvalue weighted by Gasteiger charge is -2.36. The van der Waals surface area contributed by atoms with Crippen LogP contribution in [0.5, 0.6) is 0 Å². The Balaban J connectivity index is 1.46. The van der Waals surface area contributed by atoms with Crippen molar-refractivity contribution in [2.75, 3.05) is 31.1 Å². The van der Waals surface area contributed by atoms with E-state index in [1.165, 1.54) is 11.3 Å². The molecule has 1 atom stereocenters. The summed E-state index contributed by atoms with van der Waals surface area (Å²) in [6.07, 6.45) is 2.96. The van der Waals surface area contributed by atoms with E-state index in [0.29, 0.717) is 24.7 Å². The van der Waals surface area contributed by atoms with Gasteiger partial charge < -0.3 is 9.80 Å². The molecule has 3 aliphatic rings. The minimum Gasteiger partial charge on any atom is -0.337 e. The fraction of sp³-hybridized carbons (Fsp3) is 0.562. The number of anilines is 1. The normalized spacial score (nSPS) is 26.0. The van der Waals surface area contributed by atoms with E-state index in [9.17, 15) is 9.59 Å². The quantitative estimate of drug-likeness (QED) is 0.830. The zero-order chi connectivity index (χ0) is 16.0. The van der Waals surface area contributed by atoms with Crippen molar-refractivity contribution in [3.63, 3.8) is 0 Å². The average molecular weight is 330 g/mol. The van der Waals surface area contributed by atoms with Crippen LogP contribution in [0.1, 0.15) is 24.8 Å². The molecule has 2 saturated heterocycles. The van der Waals surface area contributed by atoms with Gasteiger partial charge in [-0.15, -0.1) is 11.3 Å². The van der Waals surface area contributed by atoms with Crippen LogP contribution in [0.15, 0.2) is 11.4 Å². The van der Waals surface area contributed by atoms with Gasteiger partial charge in [0.15, 0.2) is 0 Å². The molecule has 0 aromatic carbocycles. The largest absolute Gasteiger partial charge is 0.337 e. The number of hydrogen-bond acceptors (Lipinski definition) is 5. The highest BCUT2D eigenvalue weighted by Gasteiger charge is 2.42. The summed E-state index contributed by atoms with van der Waals surface area (Å²) >= 11 is 1.43. The predicted molar refractivity (Wildman–Crippen MR) is 86.1 cm³/mol. The second kappa shape index (κ2) is 5.62. The van der Waals surface area contributed by atoms with Crippen molar-refractivity contribution < 1.29 is 9.59 Å². The molecule has 23 heavy (non-hydrogen) atoms. The summed E-state index contributed by atoms with van der Waals surface area (Å²) in [6.45, 7) is 2.46. The molecule has 2 aliphatic heterocycles. The van der Waals surface area contributed by atoms with Gasteiger partial charge in [-0.3, -0.25) is 14.5 Å². The first-order valence-electron chi connectivity index (χ1n) is 8.01. The van der Waals surface area contributed by atoms with Crippen LogP contribution in [0.4, 0.5) is 5.00 Å². The van der Waals surface area contributed by atoms with Crippen LogP contribution in [-0.4, -0.2) is 59.9 Å². The van der Waals surface area contributed by atoms with Gasteiger partial charge in [0, 0.05) is 25.7 Å². The third kappa shape index (κ3) is 2.52. The number of piperazine rings is 1. The number of thiophene rings is 1. The molecule has 0 spiro atoms. The van der Waals surface area contributed by atoms with Crippen LogP contribution in [0.3, 0.4) is 0 Å². The molecule has 6 nitrogen and oxygen atoms in total. The molecular formula is C16H18N4O2S. The topological polar surface area (TPSA) is 67.7 Å². The van der Waals surface area contributed by atoms with Gasteiger partial charge in [0.2, 0.25) is 11.8 Å². The van der Waals surface area contributed by atoms with E-state index in [-0.39, 0.29) is 17.9 Å². The standard InChI is InChI=1S/C16H18N4O2S/c17-9-11-4-8-23-16(11)20-5-3-13(15(20)22)18-6-7-19(12-1-2-12)14(21)10-18/h4,8,12-13H,1-3,5-7,10H2/t13-/m1/s1. The number of nitrogens with zero attached hydrogens (tertiary/aromatic N) is 4. The zero-order valence-electron chi connectivity index (χ0n) is 12.8. The molecule has 0 bridgehead atoms. The molecule has 1 aromatic rings. The van der Waals surface area contributed by atoms with Gasteiger partial charge in [-0.1, -0.05) is 0 Å². The summed E-state index contributed by atoms with van der Waals surface area (Å²) in [5, 5.41) is 11.7. The molecule has 120 valence electrons. The van der Waals surface area contributed by atoms with Crippen molar-refractivity contribution >= 4 is 28.2 Å². The summed E-state index contributed by atoms with van der Waals surface area (Å²) in [4.78, 5) is 30.7. The fourth-order valence-electron chi connectivity index (χ4n) is 3.54. The molecule has 3 heterocycles. The van der Waals surface area contributed by atoms with Crippen molar-refractivity contribution in [1.29, 1.82) is 5.26 Å². The maximum Gasteiger partial charge on any atom is 0.245 e. The minimum absolute atomic E-state index is 0.0246. The highest BCUT2D eigenvalue weighted by Crippen LogP contribution is 2.33. The summed E-state index contributed by atoms with van der Waals surface area (Å²) in [5.41, 5.74) is 0.554. The van der Waals surface area contributed by atoms with E-state index in [0.717, 1.165) is 37.4 Å². The lowest BCUT2D eigenvalue weighted by Crippen LogP contribution is -2.55. The zero-order valence-corrected chi connectivity index (χ0v) is 13.6. The highest BCUT2D eigenvalue weighted by atomic mass is 32.1. The summed E-state index contributed by atoms with van der Waals surface area (Å²) < 4.78 is 0. The maximum atomic E-state index is 12.8. The number of nitriles is 1. The van der Waals surface area contributed by atoms with Gasteiger partial charge in [0.25, 0.3) is 0 Å². The number of rotatable bonds is 3. The van der Waals surface area contributed by atoms with Gasteiger partial charge in [0.1, 0.15) is 11.1 Å². The molecule has 7 heteroatoms. The van der Waals surface area contributed by atoms with Gasteiger partial charge >= 0.3 is 0 Å². The van der Waals surface area contributed by atoms with Gasteiger partial charge in [-0.2, -0.15) is 5.26 Å². The second-order valence-electron chi connectivity index (χ2n) is 6.33. The Labute approximate surface area is 138 Å². The summed E-state index contributed by atoms with van der Waals surface area (Å²) in [6, 6.07) is 4.11. The van der Waals surface area contributed by atoms with Crippen molar-refractivity contribution in [2.45, 2.75) is 31.3 Å². The van der Waals surface area contributed by atoms with Crippen LogP contribution < -0.4 is 4.90 Å². The molecule has 0 radical (unpaired) electrons. The first-order chi connectivity index (χ1) is 11.2. The van der Waals surface area contributed by atoms with Crippen molar-refractivity contribution in [3.05, 3.63) is 17.0 Å². The van der Waals surface area contributed by atoms with Gasteiger partial charge in [-0.05, 0) is 30.7 Å². The lowest BCUT2D eigenvalue weighted by atomic mass is 10.1. The van der Waals surface area contributed by atoms with Crippen molar-refractivity contribution in [2.24, 2.45) is 0 Å². The fourth-order valence-corrected chi connectivity index (χ4v) is 4.43. The first-order valence-corrected chi connectivity index (χ1v) is 8.89. The van der Waals surface area contributed by atoms with E-state index in [2.05, 4.69) is 6.07 Å². The summed E-state index contributed by atoms with van der Waals surface area (Å²) in [5.74, 6) is 0.176. The van der Waals surface area contributed by atoms with Crippen LogP contribution in [0, 0.1) is 11.3 Å². The molecular weight excluding hydrogens is 312 g/mol. The van der Waals surface area contributed by atoms with Crippen LogP contribution in [-0.2, 0) is 9.59 Å². The molecule has 1 aliphatic carbocycles. The monoisotopic (exact) mass is 330 g/mol. The third-order valence-corrected chi connectivity index (χ3v) is 5.84. The molecule has 1 aromatic heterocycles. The number of carbonyl (C=O) groups excluding carboxylic acids is 2. The maximum absolute atomic E-state index is 12.8. The third-order valence-electron chi connectivity index (χ3n) is 4.90. The van der Waals surface area contributed by atoms with Crippen LogP contribution >= 0.6 is 11.3 Å². The Morgan fingerprint density at radius 3 is 2.70 bits per heavy atom. The Morgan fingerprint density at radius 2 is 2.00 bits per heavy atom. The van der Waals surface area contributed by atoms with E-state index in [1.54, 1.807) is 11.0 Å². The summed E-state index contributed by atoms with van der Waals surface area (Å²) in [7, 11) is 0. The van der Waals surface area contributed by atoms with Crippen molar-refractivity contribution in [1.82, 2.24) is 9.80 Å². The van der Waals surface area contributed by atoms with Gasteiger partial charge in [-0.25, -0.2) is 0 Å². The Bertz CT molecular complexity index is 690. The Morgan fingerprint density at radius 1 is 1.17 bits per heavy atom. The molecule has 0 N–H and O–H groups in total. The number of amides is 2. The molecule has 4 rings (SSSR count). The van der Waals surface area contributed by atoms with Crippen LogP contribution in [0.25, 0.3) is 0 Å².